The van der Waals surface area contributed by atoms with Gasteiger partial charge in [0, 0.05) is 18.2 Å². The molecule has 27 heavy (non-hydrogen) atoms. The molecule has 0 aliphatic carbocycles. The zero-order valence-electron chi connectivity index (χ0n) is 14.4. The number of nitrogens with zero attached hydrogens (tertiary/aromatic N) is 1. The largest absolute Gasteiger partial charge is 0.497 e. The number of hydrogen-bond donors (Lipinski definition) is 1. The molecule has 0 radical (unpaired) electrons. The Hall–Kier alpha value is -3.33. The van der Waals surface area contributed by atoms with Crippen LogP contribution in [0, 0.1) is 10.1 Å². The molecule has 0 fully saturated rings. The van der Waals surface area contributed by atoms with E-state index in [0.29, 0.717) is 17.2 Å². The third-order valence-corrected chi connectivity index (χ3v) is 3.73. The highest BCUT2D eigenvalue weighted by atomic mass is 35.5. The van der Waals surface area contributed by atoms with E-state index >= 15 is 0 Å². The van der Waals surface area contributed by atoms with Crippen molar-refractivity contribution in [3.8, 4) is 11.5 Å². The standard InChI is InChI=1S/C17H15ClN2O7/c1-25-11-4-6-14(15(8-11)26-2)19-16(21)9-27-17(22)12-7-10(20(23)24)3-5-13(12)18/h3-8H,9H2,1-2H3,(H,19,21). The number of carbonyl (C=O) groups is 2. The minimum absolute atomic E-state index is 0.0252. The number of nitro benzene ring substituents is 1. The van der Waals surface area contributed by atoms with Crippen molar-refractivity contribution in [1.82, 2.24) is 0 Å². The van der Waals surface area contributed by atoms with E-state index in [1.807, 2.05) is 0 Å². The second-order valence-electron chi connectivity index (χ2n) is 5.11. The van der Waals surface area contributed by atoms with Crippen LogP contribution in [0.2, 0.25) is 5.02 Å². The lowest BCUT2D eigenvalue weighted by Gasteiger charge is -2.12. The third-order valence-electron chi connectivity index (χ3n) is 3.40. The minimum Gasteiger partial charge on any atom is -0.497 e. The van der Waals surface area contributed by atoms with Gasteiger partial charge in [0.25, 0.3) is 11.6 Å². The van der Waals surface area contributed by atoms with Crippen LogP contribution in [0.1, 0.15) is 10.4 Å². The van der Waals surface area contributed by atoms with Crippen molar-refractivity contribution in [2.24, 2.45) is 0 Å². The Morgan fingerprint density at radius 2 is 1.89 bits per heavy atom. The zero-order chi connectivity index (χ0) is 20.0. The van der Waals surface area contributed by atoms with Crippen molar-refractivity contribution >= 4 is 34.9 Å². The summed E-state index contributed by atoms with van der Waals surface area (Å²) in [4.78, 5) is 34.2. The predicted molar refractivity (Wildman–Crippen MR) is 96.6 cm³/mol. The maximum atomic E-state index is 12.1. The molecule has 0 heterocycles. The number of nitro groups is 1. The first-order valence-electron chi connectivity index (χ1n) is 7.48. The number of nitrogens with one attached hydrogen (secondary N) is 1. The van der Waals surface area contributed by atoms with Gasteiger partial charge in [-0.1, -0.05) is 11.6 Å². The summed E-state index contributed by atoms with van der Waals surface area (Å²) in [7, 11) is 2.92. The molecule has 1 amide bonds. The van der Waals surface area contributed by atoms with Gasteiger partial charge in [0.1, 0.15) is 11.5 Å². The summed E-state index contributed by atoms with van der Waals surface area (Å²) in [6.45, 7) is -0.618. The monoisotopic (exact) mass is 394 g/mol. The van der Waals surface area contributed by atoms with Crippen LogP contribution in [0.4, 0.5) is 11.4 Å². The second kappa shape index (κ2) is 8.86. The molecular weight excluding hydrogens is 380 g/mol. The van der Waals surface area contributed by atoms with Gasteiger partial charge in [-0.3, -0.25) is 14.9 Å². The highest BCUT2D eigenvalue weighted by molar-refractivity contribution is 6.33. The summed E-state index contributed by atoms with van der Waals surface area (Å²) in [6.07, 6.45) is 0. The number of rotatable bonds is 7. The van der Waals surface area contributed by atoms with Crippen LogP contribution in [-0.2, 0) is 9.53 Å². The number of benzene rings is 2. The van der Waals surface area contributed by atoms with E-state index in [9.17, 15) is 19.7 Å². The molecule has 0 aromatic heterocycles. The fourth-order valence-electron chi connectivity index (χ4n) is 2.08. The van der Waals surface area contributed by atoms with Crippen molar-refractivity contribution in [2.75, 3.05) is 26.1 Å². The lowest BCUT2D eigenvalue weighted by molar-refractivity contribution is -0.384. The molecule has 2 aromatic rings. The normalized spacial score (nSPS) is 10.0. The highest BCUT2D eigenvalue weighted by Crippen LogP contribution is 2.29. The summed E-state index contributed by atoms with van der Waals surface area (Å²) >= 11 is 5.86. The number of anilines is 1. The number of hydrogen-bond acceptors (Lipinski definition) is 7. The summed E-state index contributed by atoms with van der Waals surface area (Å²) < 4.78 is 15.1. The summed E-state index contributed by atoms with van der Waals surface area (Å²) in [6, 6.07) is 8.10. The number of ether oxygens (including phenoxy) is 3. The third kappa shape index (κ3) is 5.08. The lowest BCUT2D eigenvalue weighted by atomic mass is 10.2. The molecular formula is C17H15ClN2O7. The molecule has 2 rings (SSSR count). The smallest absolute Gasteiger partial charge is 0.340 e. The summed E-state index contributed by atoms with van der Waals surface area (Å²) in [5.74, 6) is -0.693. The van der Waals surface area contributed by atoms with Crippen LogP contribution in [-0.4, -0.2) is 37.6 Å². The minimum atomic E-state index is -0.958. The molecule has 0 saturated carbocycles. The number of carbonyl (C=O) groups excluding carboxylic acids is 2. The fraction of sp³-hybridized carbons (Fsp3) is 0.176. The molecule has 0 atom stereocenters. The highest BCUT2D eigenvalue weighted by Gasteiger charge is 2.18. The van der Waals surface area contributed by atoms with Crippen LogP contribution < -0.4 is 14.8 Å². The Kier molecular flexibility index (Phi) is 6.56. The molecule has 10 heteroatoms. The average molecular weight is 395 g/mol. The van der Waals surface area contributed by atoms with Crippen LogP contribution in [0.15, 0.2) is 36.4 Å². The lowest BCUT2D eigenvalue weighted by Crippen LogP contribution is -2.21. The van der Waals surface area contributed by atoms with Crippen LogP contribution in [0.25, 0.3) is 0 Å². The maximum absolute atomic E-state index is 12.1. The van der Waals surface area contributed by atoms with Gasteiger partial charge in [-0.2, -0.15) is 0 Å². The summed E-state index contributed by atoms with van der Waals surface area (Å²) in [5, 5.41) is 13.3. The van der Waals surface area contributed by atoms with E-state index in [1.165, 1.54) is 20.3 Å². The zero-order valence-corrected chi connectivity index (χ0v) is 15.1. The van der Waals surface area contributed by atoms with Crippen molar-refractivity contribution in [2.45, 2.75) is 0 Å². The Balaban J connectivity index is 2.03. The van der Waals surface area contributed by atoms with Gasteiger partial charge < -0.3 is 19.5 Å². The van der Waals surface area contributed by atoms with Gasteiger partial charge >= 0.3 is 5.97 Å². The van der Waals surface area contributed by atoms with Crippen LogP contribution >= 0.6 is 11.6 Å². The van der Waals surface area contributed by atoms with Crippen LogP contribution in [0.3, 0.4) is 0 Å². The quantitative estimate of drug-likeness (QED) is 0.435. The molecule has 0 aliphatic rings. The van der Waals surface area contributed by atoms with Crippen LogP contribution in [0.5, 0.6) is 11.5 Å². The van der Waals surface area contributed by atoms with E-state index in [2.05, 4.69) is 5.32 Å². The Morgan fingerprint density at radius 1 is 1.15 bits per heavy atom. The number of halogens is 1. The van der Waals surface area contributed by atoms with E-state index in [0.717, 1.165) is 12.1 Å². The van der Waals surface area contributed by atoms with Crippen molar-refractivity contribution in [1.29, 1.82) is 0 Å². The molecule has 2 aromatic carbocycles. The molecule has 1 N–H and O–H groups in total. The average Bonchev–Trinajstić information content (AvgIpc) is 2.66. The molecule has 142 valence electrons. The molecule has 9 nitrogen and oxygen atoms in total. The molecule has 0 bridgehead atoms. The Morgan fingerprint density at radius 3 is 2.52 bits per heavy atom. The van der Waals surface area contributed by atoms with Crippen molar-refractivity contribution < 1.29 is 28.7 Å². The van der Waals surface area contributed by atoms with Gasteiger partial charge in [0.2, 0.25) is 0 Å². The molecule has 0 unspecified atom stereocenters. The number of amides is 1. The Labute approximate surface area is 158 Å². The predicted octanol–water partition coefficient (Wildman–Crippen LogP) is 3.06. The topological polar surface area (TPSA) is 117 Å². The number of methoxy groups -OCH3 is 2. The SMILES string of the molecule is COc1ccc(NC(=O)COC(=O)c2cc([N+](=O)[O-])ccc2Cl)c(OC)c1. The second-order valence-corrected chi connectivity index (χ2v) is 5.52. The molecule has 0 spiro atoms. The van der Waals surface area contributed by atoms with Gasteiger partial charge in [-0.25, -0.2) is 4.79 Å². The van der Waals surface area contributed by atoms with E-state index < -0.39 is 23.4 Å². The molecule has 0 saturated heterocycles. The maximum Gasteiger partial charge on any atom is 0.340 e. The first kappa shape index (κ1) is 20.0. The van der Waals surface area contributed by atoms with E-state index in [4.69, 9.17) is 25.8 Å². The molecule has 0 aliphatic heterocycles. The van der Waals surface area contributed by atoms with Crippen molar-refractivity contribution in [3.63, 3.8) is 0 Å². The van der Waals surface area contributed by atoms with Gasteiger partial charge in [0.15, 0.2) is 6.61 Å². The van der Waals surface area contributed by atoms with Gasteiger partial charge in [-0.15, -0.1) is 0 Å². The Bertz CT molecular complexity index is 886. The first-order chi connectivity index (χ1) is 12.8. The van der Waals surface area contributed by atoms with E-state index in [1.54, 1.807) is 18.2 Å². The summed E-state index contributed by atoms with van der Waals surface area (Å²) in [5.41, 5.74) is -0.174. The number of esters is 1. The van der Waals surface area contributed by atoms with Gasteiger partial charge in [-0.05, 0) is 18.2 Å². The van der Waals surface area contributed by atoms with Gasteiger partial charge in [0.05, 0.1) is 35.4 Å². The number of non-ortho nitro benzene ring substituents is 1. The van der Waals surface area contributed by atoms with Crippen molar-refractivity contribution in [3.05, 3.63) is 57.1 Å². The first-order valence-corrected chi connectivity index (χ1v) is 7.86. The van der Waals surface area contributed by atoms with E-state index in [-0.39, 0.29) is 16.3 Å². The fourth-order valence-corrected chi connectivity index (χ4v) is 2.27.